The van der Waals surface area contributed by atoms with Gasteiger partial charge in [-0.25, -0.2) is 0 Å². The average molecular weight is 238 g/mol. The van der Waals surface area contributed by atoms with E-state index in [4.69, 9.17) is 4.52 Å². The van der Waals surface area contributed by atoms with Crippen molar-refractivity contribution in [2.24, 2.45) is 5.92 Å². The van der Waals surface area contributed by atoms with Gasteiger partial charge >= 0.3 is 0 Å². The molecule has 1 aromatic rings. The molecule has 0 aliphatic heterocycles. The lowest BCUT2D eigenvalue weighted by Gasteiger charge is -2.22. The lowest BCUT2D eigenvalue weighted by Crippen LogP contribution is -2.34. The third-order valence-corrected chi connectivity index (χ3v) is 3.42. The van der Waals surface area contributed by atoms with E-state index in [0.717, 1.165) is 24.8 Å². The Labute approximate surface area is 100 Å². The highest BCUT2D eigenvalue weighted by Gasteiger charge is 2.28. The topological polar surface area (TPSA) is 66.6 Å². The van der Waals surface area contributed by atoms with Crippen molar-refractivity contribution < 1.29 is 14.4 Å². The summed E-state index contributed by atoms with van der Waals surface area (Å²) in [5.41, 5.74) is 0.744. The maximum absolute atomic E-state index is 12.0. The van der Waals surface area contributed by atoms with Crippen LogP contribution in [0.15, 0.2) is 10.7 Å². The summed E-state index contributed by atoms with van der Waals surface area (Å²) < 4.78 is 4.93. The smallest absolute Gasteiger partial charge is 0.292 e. The molecule has 0 bridgehead atoms. The highest BCUT2D eigenvalue weighted by Crippen LogP contribution is 2.26. The van der Waals surface area contributed by atoms with Crippen LogP contribution in [0.25, 0.3) is 0 Å². The number of amides is 1. The molecule has 1 fully saturated rings. The molecule has 1 saturated carbocycles. The zero-order valence-corrected chi connectivity index (χ0v) is 10.2. The van der Waals surface area contributed by atoms with Gasteiger partial charge in [0.15, 0.2) is 0 Å². The monoisotopic (exact) mass is 238 g/mol. The lowest BCUT2D eigenvalue weighted by atomic mass is 10.1. The van der Waals surface area contributed by atoms with Crippen LogP contribution in [0.4, 0.5) is 0 Å². The van der Waals surface area contributed by atoms with E-state index < -0.39 is 0 Å². The number of nitrogens with zero attached hydrogens (tertiary/aromatic N) is 2. The van der Waals surface area contributed by atoms with Crippen molar-refractivity contribution in [3.05, 3.63) is 17.5 Å². The molecule has 1 heterocycles. The summed E-state index contributed by atoms with van der Waals surface area (Å²) in [6.45, 7) is 2.36. The van der Waals surface area contributed by atoms with E-state index in [1.807, 2.05) is 0 Å². The van der Waals surface area contributed by atoms with Gasteiger partial charge in [0, 0.05) is 25.1 Å². The van der Waals surface area contributed by atoms with Crippen LogP contribution in [0.3, 0.4) is 0 Å². The van der Waals surface area contributed by atoms with E-state index in [-0.39, 0.29) is 17.9 Å². The summed E-state index contributed by atoms with van der Waals surface area (Å²) in [6, 6.07) is 0. The molecule has 0 saturated heterocycles. The first-order valence-electron chi connectivity index (χ1n) is 5.94. The van der Waals surface area contributed by atoms with Crippen LogP contribution < -0.4 is 0 Å². The molecule has 5 nitrogen and oxygen atoms in total. The van der Waals surface area contributed by atoms with Gasteiger partial charge in [0.05, 0.1) is 12.3 Å². The number of carbonyl (C=O) groups is 1. The van der Waals surface area contributed by atoms with Crippen molar-refractivity contribution in [3.63, 3.8) is 0 Å². The molecular formula is C12H18N2O3. The Morgan fingerprint density at radius 1 is 1.65 bits per heavy atom. The Kier molecular flexibility index (Phi) is 3.47. The standard InChI is InChI=1S/C12H18N2O3/c1-8-6-13-17-11(8)12(16)14(2)7-9-4-3-5-10(9)15/h6,9-10,15H,3-5,7H2,1-2H3. The number of rotatable bonds is 3. The van der Waals surface area contributed by atoms with E-state index in [2.05, 4.69) is 5.16 Å². The van der Waals surface area contributed by atoms with E-state index >= 15 is 0 Å². The first kappa shape index (κ1) is 12.1. The second kappa shape index (κ2) is 4.87. The summed E-state index contributed by atoms with van der Waals surface area (Å²) in [7, 11) is 1.73. The molecule has 94 valence electrons. The molecule has 5 heteroatoms. The predicted molar refractivity (Wildman–Crippen MR) is 61.5 cm³/mol. The van der Waals surface area contributed by atoms with Crippen LogP contribution in [0.2, 0.25) is 0 Å². The van der Waals surface area contributed by atoms with E-state index in [0.29, 0.717) is 12.3 Å². The first-order valence-corrected chi connectivity index (χ1v) is 5.94. The van der Waals surface area contributed by atoms with Crippen molar-refractivity contribution in [2.45, 2.75) is 32.3 Å². The molecule has 1 N–H and O–H groups in total. The van der Waals surface area contributed by atoms with Gasteiger partial charge in [0.25, 0.3) is 5.91 Å². The van der Waals surface area contributed by atoms with Crippen LogP contribution in [-0.2, 0) is 0 Å². The van der Waals surface area contributed by atoms with Gasteiger partial charge in [-0.05, 0) is 19.8 Å². The Morgan fingerprint density at radius 3 is 2.94 bits per heavy atom. The van der Waals surface area contributed by atoms with Gasteiger partial charge in [-0.2, -0.15) is 0 Å². The van der Waals surface area contributed by atoms with E-state index in [1.54, 1.807) is 18.9 Å². The summed E-state index contributed by atoms with van der Waals surface area (Å²) in [5, 5.41) is 13.3. The maximum atomic E-state index is 12.0. The van der Waals surface area contributed by atoms with Crippen molar-refractivity contribution in [1.82, 2.24) is 10.1 Å². The summed E-state index contributed by atoms with van der Waals surface area (Å²) in [5.74, 6) is 0.311. The van der Waals surface area contributed by atoms with Crippen LogP contribution in [-0.4, -0.2) is 40.8 Å². The molecule has 0 aromatic carbocycles. The minimum atomic E-state index is -0.277. The van der Waals surface area contributed by atoms with Crippen LogP contribution >= 0.6 is 0 Å². The van der Waals surface area contributed by atoms with Gasteiger partial charge in [-0.15, -0.1) is 0 Å². The number of carbonyl (C=O) groups excluding carboxylic acids is 1. The number of aromatic nitrogens is 1. The highest BCUT2D eigenvalue weighted by molar-refractivity contribution is 5.92. The first-order chi connectivity index (χ1) is 8.09. The fourth-order valence-corrected chi connectivity index (χ4v) is 2.33. The van der Waals surface area contributed by atoms with Gasteiger partial charge < -0.3 is 14.5 Å². The van der Waals surface area contributed by atoms with Crippen LogP contribution in [0.5, 0.6) is 0 Å². The highest BCUT2D eigenvalue weighted by atomic mass is 16.5. The Bertz CT molecular complexity index is 402. The Balaban J connectivity index is 1.98. The molecule has 1 aliphatic rings. The van der Waals surface area contributed by atoms with Crippen molar-refractivity contribution in [2.75, 3.05) is 13.6 Å². The summed E-state index contributed by atoms with van der Waals surface area (Å²) >= 11 is 0. The van der Waals surface area contributed by atoms with Gasteiger partial charge in [0.2, 0.25) is 5.76 Å². The van der Waals surface area contributed by atoms with Crippen molar-refractivity contribution >= 4 is 5.91 Å². The lowest BCUT2D eigenvalue weighted by molar-refractivity contribution is 0.0655. The predicted octanol–water partition coefficient (Wildman–Crippen LogP) is 1.22. The second-order valence-electron chi connectivity index (χ2n) is 4.78. The van der Waals surface area contributed by atoms with E-state index in [9.17, 15) is 9.90 Å². The number of aliphatic hydroxyl groups excluding tert-OH is 1. The molecule has 2 atom stereocenters. The van der Waals surface area contributed by atoms with E-state index in [1.165, 1.54) is 6.20 Å². The zero-order chi connectivity index (χ0) is 12.4. The molecule has 2 unspecified atom stereocenters. The maximum Gasteiger partial charge on any atom is 0.292 e. The number of aryl methyl sites for hydroxylation is 1. The Morgan fingerprint density at radius 2 is 2.41 bits per heavy atom. The largest absolute Gasteiger partial charge is 0.393 e. The average Bonchev–Trinajstić information content (AvgIpc) is 2.88. The number of hydrogen-bond acceptors (Lipinski definition) is 4. The number of aliphatic hydroxyl groups is 1. The molecule has 1 amide bonds. The fraction of sp³-hybridized carbons (Fsp3) is 0.667. The summed E-state index contributed by atoms with van der Waals surface area (Å²) in [4.78, 5) is 13.6. The van der Waals surface area contributed by atoms with Gasteiger partial charge in [-0.3, -0.25) is 4.79 Å². The Hall–Kier alpha value is -1.36. The minimum Gasteiger partial charge on any atom is -0.393 e. The molecule has 0 radical (unpaired) electrons. The fourth-order valence-electron chi connectivity index (χ4n) is 2.33. The van der Waals surface area contributed by atoms with Gasteiger partial charge in [-0.1, -0.05) is 11.6 Å². The quantitative estimate of drug-likeness (QED) is 0.859. The van der Waals surface area contributed by atoms with Gasteiger partial charge in [0.1, 0.15) is 0 Å². The molecule has 17 heavy (non-hydrogen) atoms. The zero-order valence-electron chi connectivity index (χ0n) is 10.2. The van der Waals surface area contributed by atoms with Crippen LogP contribution in [0.1, 0.15) is 35.4 Å². The van der Waals surface area contributed by atoms with Crippen LogP contribution in [0, 0.1) is 12.8 Å². The SMILES string of the molecule is Cc1cnoc1C(=O)N(C)CC1CCCC1O. The minimum absolute atomic E-state index is 0.167. The second-order valence-corrected chi connectivity index (χ2v) is 4.78. The molecule has 1 aromatic heterocycles. The third-order valence-electron chi connectivity index (χ3n) is 3.42. The molecular weight excluding hydrogens is 220 g/mol. The molecule has 0 spiro atoms. The number of hydrogen-bond donors (Lipinski definition) is 1. The van der Waals surface area contributed by atoms with Crippen molar-refractivity contribution in [1.29, 1.82) is 0 Å². The molecule has 1 aliphatic carbocycles. The third kappa shape index (κ3) is 2.49. The molecule has 2 rings (SSSR count). The normalized spacial score (nSPS) is 23.9. The summed E-state index contributed by atoms with van der Waals surface area (Å²) in [6.07, 6.45) is 4.11. The van der Waals surface area contributed by atoms with Crippen molar-refractivity contribution in [3.8, 4) is 0 Å².